The molecule has 0 aliphatic heterocycles. The molecule has 3 aromatic carbocycles. The van der Waals surface area contributed by atoms with Crippen LogP contribution in [-0.2, 0) is 9.47 Å². The van der Waals surface area contributed by atoms with E-state index in [1.807, 2.05) is 0 Å². The van der Waals surface area contributed by atoms with Gasteiger partial charge in [-0.1, -0.05) is 36.1 Å². The molecule has 0 spiro atoms. The van der Waals surface area contributed by atoms with E-state index < -0.39 is 23.9 Å². The van der Waals surface area contributed by atoms with E-state index in [1.165, 1.54) is 74.5 Å². The fraction of sp³-hybridized carbons (Fsp3) is 0.0714. The fourth-order valence-electron chi connectivity index (χ4n) is 3.42. The molecule has 0 heterocycles. The number of carboxylic acid groups (broad SMARTS) is 2. The van der Waals surface area contributed by atoms with Gasteiger partial charge in [0.25, 0.3) is 0 Å². The highest BCUT2D eigenvalue weighted by Crippen LogP contribution is 2.38. The summed E-state index contributed by atoms with van der Waals surface area (Å²) in [7, 11) is 0. The van der Waals surface area contributed by atoms with E-state index in [4.69, 9.17) is 9.47 Å². The van der Waals surface area contributed by atoms with Crippen molar-refractivity contribution in [1.29, 1.82) is 0 Å². The molecule has 2 N–H and O–H groups in total. The topological polar surface area (TPSA) is 127 Å². The molecular formula is C28H18O8. The van der Waals surface area contributed by atoms with Crippen molar-refractivity contribution < 1.29 is 38.9 Å². The normalized spacial score (nSPS) is 9.61. The maximum atomic E-state index is 12.1. The molecule has 0 radical (unpaired) electrons. The number of rotatable bonds is 6. The minimum absolute atomic E-state index is 0.128. The van der Waals surface area contributed by atoms with Crippen LogP contribution in [0.4, 0.5) is 0 Å². The lowest BCUT2D eigenvalue weighted by atomic mass is 9.86. The number of carboxylic acids is 2. The largest absolute Gasteiger partial charge is 0.478 e. The van der Waals surface area contributed by atoms with Gasteiger partial charge in [0.1, 0.15) is 12.2 Å². The summed E-state index contributed by atoms with van der Waals surface area (Å²) < 4.78 is 9.53. The standard InChI is InChI=1S/C28H18O8/c1-3-15-35-27(33)19-9-5-17(6-10-19)23-21(25(29)30)13-14-22(26(31)32)24(23)18-7-11-20(12-8-18)28(34)36-16-4-2/h5-14H,1-2H3,(H,29,30)(H,31,32). The predicted molar refractivity (Wildman–Crippen MR) is 129 cm³/mol. The zero-order chi connectivity index (χ0) is 26.2. The second-order valence-electron chi connectivity index (χ2n) is 7.16. The Hall–Kier alpha value is -5.34. The minimum atomic E-state index is -1.27. The van der Waals surface area contributed by atoms with E-state index in [2.05, 4.69) is 24.1 Å². The van der Waals surface area contributed by atoms with Crippen LogP contribution >= 0.6 is 0 Å². The predicted octanol–water partition coefficient (Wildman–Crippen LogP) is 4.69. The Kier molecular flexibility index (Phi) is 7.86. The second kappa shape index (κ2) is 11.2. The van der Waals surface area contributed by atoms with Gasteiger partial charge in [0.2, 0.25) is 0 Å². The molecule has 0 amide bonds. The van der Waals surface area contributed by atoms with Crippen LogP contribution in [0.2, 0.25) is 0 Å². The van der Waals surface area contributed by atoms with Crippen molar-refractivity contribution in [2.24, 2.45) is 0 Å². The molecule has 36 heavy (non-hydrogen) atoms. The Morgan fingerprint density at radius 1 is 0.583 bits per heavy atom. The SMILES string of the molecule is CC#COC(=O)c1ccc(-c2c(C(=O)O)ccc(C(=O)O)c2-c2ccc(C(=O)OC#CC)cc2)cc1. The highest BCUT2D eigenvalue weighted by atomic mass is 16.5. The number of ether oxygens (including phenoxy) is 2. The van der Waals surface area contributed by atoms with E-state index in [1.54, 1.807) is 0 Å². The lowest BCUT2D eigenvalue weighted by Crippen LogP contribution is -2.08. The molecule has 0 saturated carbocycles. The van der Waals surface area contributed by atoms with Gasteiger partial charge in [-0.3, -0.25) is 0 Å². The summed E-state index contributed by atoms with van der Waals surface area (Å²) in [6.45, 7) is 3.02. The van der Waals surface area contributed by atoms with Gasteiger partial charge in [-0.25, -0.2) is 19.2 Å². The lowest BCUT2D eigenvalue weighted by molar-refractivity contribution is 0.0681. The van der Waals surface area contributed by atoms with Crippen molar-refractivity contribution >= 4 is 23.9 Å². The van der Waals surface area contributed by atoms with Gasteiger partial charge in [0, 0.05) is 25.0 Å². The molecule has 0 bridgehead atoms. The quantitative estimate of drug-likeness (QED) is 0.383. The molecule has 8 nitrogen and oxygen atoms in total. The highest BCUT2D eigenvalue weighted by Gasteiger charge is 2.24. The first-order valence-electron chi connectivity index (χ1n) is 10.4. The zero-order valence-corrected chi connectivity index (χ0v) is 19.1. The van der Waals surface area contributed by atoms with Crippen LogP contribution in [0.25, 0.3) is 22.3 Å². The van der Waals surface area contributed by atoms with Crippen LogP contribution in [0.5, 0.6) is 0 Å². The first kappa shape index (κ1) is 25.3. The molecule has 8 heteroatoms. The molecule has 3 rings (SSSR count). The number of hydrogen-bond acceptors (Lipinski definition) is 6. The van der Waals surface area contributed by atoms with Crippen molar-refractivity contribution in [2.45, 2.75) is 13.8 Å². The summed E-state index contributed by atoms with van der Waals surface area (Å²) in [5.41, 5.74) is 1.01. The lowest BCUT2D eigenvalue weighted by Gasteiger charge is -2.17. The van der Waals surface area contributed by atoms with Crippen LogP contribution in [0.1, 0.15) is 55.3 Å². The molecule has 0 fully saturated rings. The van der Waals surface area contributed by atoms with Gasteiger partial charge in [-0.15, -0.1) is 0 Å². The van der Waals surface area contributed by atoms with Crippen molar-refractivity contribution in [1.82, 2.24) is 0 Å². The monoisotopic (exact) mass is 482 g/mol. The first-order chi connectivity index (χ1) is 17.3. The summed E-state index contributed by atoms with van der Waals surface area (Å²) in [6, 6.07) is 14.1. The van der Waals surface area contributed by atoms with Crippen LogP contribution in [0, 0.1) is 24.1 Å². The van der Waals surface area contributed by atoms with E-state index in [0.29, 0.717) is 11.1 Å². The Morgan fingerprint density at radius 3 is 1.19 bits per heavy atom. The average Bonchev–Trinajstić information content (AvgIpc) is 2.89. The summed E-state index contributed by atoms with van der Waals surface area (Å²) >= 11 is 0. The van der Waals surface area contributed by atoms with Gasteiger partial charge in [0.05, 0.1) is 22.3 Å². The summed E-state index contributed by atoms with van der Waals surface area (Å²) in [4.78, 5) is 48.3. The van der Waals surface area contributed by atoms with Crippen molar-refractivity contribution in [3.63, 3.8) is 0 Å². The number of hydrogen-bond donors (Lipinski definition) is 2. The first-order valence-corrected chi connectivity index (χ1v) is 10.4. The van der Waals surface area contributed by atoms with Crippen molar-refractivity contribution in [3.8, 4) is 46.3 Å². The highest BCUT2D eigenvalue weighted by molar-refractivity contribution is 6.08. The maximum Gasteiger partial charge on any atom is 0.352 e. The smallest absolute Gasteiger partial charge is 0.352 e. The van der Waals surface area contributed by atoms with Crippen molar-refractivity contribution in [3.05, 3.63) is 82.9 Å². The second-order valence-corrected chi connectivity index (χ2v) is 7.16. The molecule has 0 aliphatic carbocycles. The zero-order valence-electron chi connectivity index (χ0n) is 19.1. The van der Waals surface area contributed by atoms with Crippen LogP contribution < -0.4 is 0 Å². The van der Waals surface area contributed by atoms with Gasteiger partial charge in [-0.2, -0.15) is 0 Å². The molecule has 178 valence electrons. The third kappa shape index (κ3) is 5.41. The van der Waals surface area contributed by atoms with E-state index in [9.17, 15) is 29.4 Å². The Bertz CT molecular complexity index is 1360. The number of esters is 2. The number of benzene rings is 3. The fourth-order valence-corrected chi connectivity index (χ4v) is 3.42. The molecular weight excluding hydrogens is 464 g/mol. The maximum absolute atomic E-state index is 12.1. The number of aromatic carboxylic acids is 2. The minimum Gasteiger partial charge on any atom is -0.478 e. The Labute approximate surface area is 206 Å². The Morgan fingerprint density at radius 2 is 0.917 bits per heavy atom. The summed E-state index contributed by atoms with van der Waals surface area (Å²) in [5, 5.41) is 19.7. The number of carbonyl (C=O) groups excluding carboxylic acids is 2. The van der Waals surface area contributed by atoms with E-state index in [0.717, 1.165) is 0 Å². The van der Waals surface area contributed by atoms with Crippen LogP contribution in [0.15, 0.2) is 60.7 Å². The van der Waals surface area contributed by atoms with E-state index in [-0.39, 0.29) is 33.4 Å². The molecule has 3 aromatic rings. The van der Waals surface area contributed by atoms with Crippen LogP contribution in [0.3, 0.4) is 0 Å². The van der Waals surface area contributed by atoms with Gasteiger partial charge < -0.3 is 19.7 Å². The third-order valence-corrected chi connectivity index (χ3v) is 4.98. The number of carbonyl (C=O) groups is 4. The molecule has 0 aromatic heterocycles. The third-order valence-electron chi connectivity index (χ3n) is 4.98. The summed E-state index contributed by atoms with van der Waals surface area (Å²) in [6.07, 6.45) is 4.42. The average molecular weight is 482 g/mol. The van der Waals surface area contributed by atoms with Gasteiger partial charge in [-0.05, 0) is 47.5 Å². The molecule has 0 saturated heterocycles. The Balaban J connectivity index is 2.20. The van der Waals surface area contributed by atoms with Crippen molar-refractivity contribution in [2.75, 3.05) is 0 Å². The van der Waals surface area contributed by atoms with Crippen LogP contribution in [-0.4, -0.2) is 34.1 Å². The van der Waals surface area contributed by atoms with E-state index >= 15 is 0 Å². The molecule has 0 unspecified atom stereocenters. The van der Waals surface area contributed by atoms with Gasteiger partial charge in [0.15, 0.2) is 0 Å². The summed E-state index contributed by atoms with van der Waals surface area (Å²) in [5.74, 6) is 0.948. The van der Waals surface area contributed by atoms with Gasteiger partial charge >= 0.3 is 23.9 Å². The molecule has 0 atom stereocenters. The molecule has 0 aliphatic rings.